The molecule has 0 radical (unpaired) electrons. The van der Waals surface area contributed by atoms with Crippen LogP contribution >= 0.6 is 0 Å². The van der Waals surface area contributed by atoms with Gasteiger partial charge in [0.1, 0.15) is 0 Å². The summed E-state index contributed by atoms with van der Waals surface area (Å²) in [5, 5.41) is 0. The van der Waals surface area contributed by atoms with Crippen molar-refractivity contribution in [2.75, 3.05) is 20.1 Å². The lowest BCUT2D eigenvalue weighted by Crippen LogP contribution is -2.25. The Hall–Kier alpha value is -0.0400. The average Bonchev–Trinajstić information content (AvgIpc) is 2.15. The average molecular weight is 213 g/mol. The van der Waals surface area contributed by atoms with Crippen molar-refractivity contribution in [2.24, 2.45) is 17.8 Å². The van der Waals surface area contributed by atoms with Crippen molar-refractivity contribution in [3.05, 3.63) is 0 Å². The quantitative estimate of drug-likeness (QED) is 0.588. The van der Waals surface area contributed by atoms with Gasteiger partial charge in [-0.1, -0.05) is 41.0 Å². The number of rotatable bonds is 8. The van der Waals surface area contributed by atoms with Crippen LogP contribution in [0.5, 0.6) is 0 Å². The Bertz CT molecular complexity index is 142. The molecule has 1 nitrogen and oxygen atoms in total. The maximum Gasteiger partial charge on any atom is 0.000395 e. The van der Waals surface area contributed by atoms with Gasteiger partial charge in [-0.15, -0.1) is 0 Å². The van der Waals surface area contributed by atoms with Gasteiger partial charge in [0, 0.05) is 6.54 Å². The first-order chi connectivity index (χ1) is 6.99. The zero-order valence-electron chi connectivity index (χ0n) is 11.7. The molecule has 0 aliphatic carbocycles. The first kappa shape index (κ1) is 15.0. The van der Waals surface area contributed by atoms with Crippen LogP contribution in [0, 0.1) is 17.8 Å². The van der Waals surface area contributed by atoms with E-state index in [9.17, 15) is 0 Å². The fourth-order valence-electron chi connectivity index (χ4n) is 2.40. The second-order valence-electron chi connectivity index (χ2n) is 5.60. The van der Waals surface area contributed by atoms with E-state index in [0.717, 1.165) is 17.8 Å². The minimum Gasteiger partial charge on any atom is -0.306 e. The van der Waals surface area contributed by atoms with E-state index >= 15 is 0 Å². The summed E-state index contributed by atoms with van der Waals surface area (Å²) in [6, 6.07) is 0. The molecule has 0 amide bonds. The van der Waals surface area contributed by atoms with Crippen LogP contribution in [-0.2, 0) is 0 Å². The second kappa shape index (κ2) is 8.15. The Morgan fingerprint density at radius 1 is 1.00 bits per heavy atom. The summed E-state index contributed by atoms with van der Waals surface area (Å²) in [5.74, 6) is 2.63. The normalized spacial score (nSPS) is 16.0. The molecule has 0 heterocycles. The van der Waals surface area contributed by atoms with Crippen molar-refractivity contribution in [1.29, 1.82) is 0 Å². The van der Waals surface area contributed by atoms with Crippen molar-refractivity contribution < 1.29 is 0 Å². The fraction of sp³-hybridized carbons (Fsp3) is 1.00. The molecule has 0 aliphatic rings. The molecule has 0 fully saturated rings. The second-order valence-corrected chi connectivity index (χ2v) is 5.60. The van der Waals surface area contributed by atoms with Gasteiger partial charge in [0.25, 0.3) is 0 Å². The van der Waals surface area contributed by atoms with Gasteiger partial charge >= 0.3 is 0 Å². The molecule has 0 aliphatic heterocycles. The largest absolute Gasteiger partial charge is 0.306 e. The van der Waals surface area contributed by atoms with Crippen LogP contribution < -0.4 is 0 Å². The van der Waals surface area contributed by atoms with E-state index in [4.69, 9.17) is 0 Å². The van der Waals surface area contributed by atoms with Gasteiger partial charge in [0.2, 0.25) is 0 Å². The van der Waals surface area contributed by atoms with E-state index in [-0.39, 0.29) is 0 Å². The topological polar surface area (TPSA) is 3.24 Å². The van der Waals surface area contributed by atoms with Crippen LogP contribution in [0.1, 0.15) is 53.9 Å². The van der Waals surface area contributed by atoms with Crippen LogP contribution in [0.15, 0.2) is 0 Å². The zero-order valence-corrected chi connectivity index (χ0v) is 11.7. The molecule has 1 heteroatoms. The lowest BCUT2D eigenvalue weighted by molar-refractivity contribution is 0.249. The van der Waals surface area contributed by atoms with Gasteiger partial charge in [0.15, 0.2) is 0 Å². The Morgan fingerprint density at radius 3 is 2.00 bits per heavy atom. The standard InChI is InChI=1S/C14H31N/c1-7-14(9-12(3)4)10-13(5)11-15(6)8-2/h12-14H,7-11H2,1-6H3. The number of hydrogen-bond acceptors (Lipinski definition) is 1. The number of nitrogens with zero attached hydrogens (tertiary/aromatic N) is 1. The highest BCUT2D eigenvalue weighted by Crippen LogP contribution is 2.23. The van der Waals surface area contributed by atoms with Crippen molar-refractivity contribution in [1.82, 2.24) is 4.90 Å². The molecule has 0 N–H and O–H groups in total. The van der Waals surface area contributed by atoms with Crippen LogP contribution in [-0.4, -0.2) is 25.0 Å². The predicted octanol–water partition coefficient (Wildman–Crippen LogP) is 4.04. The Morgan fingerprint density at radius 2 is 1.60 bits per heavy atom. The summed E-state index contributed by atoms with van der Waals surface area (Å²) in [6.07, 6.45) is 4.15. The minimum absolute atomic E-state index is 0.846. The van der Waals surface area contributed by atoms with E-state index < -0.39 is 0 Å². The monoisotopic (exact) mass is 213 g/mol. The van der Waals surface area contributed by atoms with E-state index in [2.05, 4.69) is 46.6 Å². The third-order valence-electron chi connectivity index (χ3n) is 3.28. The first-order valence-corrected chi connectivity index (χ1v) is 6.68. The minimum atomic E-state index is 0.846. The van der Waals surface area contributed by atoms with Crippen molar-refractivity contribution in [3.63, 3.8) is 0 Å². The van der Waals surface area contributed by atoms with Crippen LogP contribution in [0.4, 0.5) is 0 Å². The molecule has 0 aromatic carbocycles. The maximum absolute atomic E-state index is 2.42. The van der Waals surface area contributed by atoms with Gasteiger partial charge in [-0.2, -0.15) is 0 Å². The van der Waals surface area contributed by atoms with Crippen LogP contribution in [0.3, 0.4) is 0 Å². The Balaban J connectivity index is 3.84. The summed E-state index contributed by atoms with van der Waals surface area (Å²) in [6.45, 7) is 14.1. The highest BCUT2D eigenvalue weighted by molar-refractivity contribution is 4.66. The lowest BCUT2D eigenvalue weighted by Gasteiger charge is -2.24. The van der Waals surface area contributed by atoms with Gasteiger partial charge in [-0.05, 0) is 44.2 Å². The SMILES string of the molecule is CCC(CC(C)C)CC(C)CN(C)CC. The molecule has 0 saturated heterocycles. The molecule has 2 unspecified atom stereocenters. The third kappa shape index (κ3) is 7.84. The number of hydrogen-bond donors (Lipinski definition) is 0. The fourth-order valence-corrected chi connectivity index (χ4v) is 2.40. The van der Waals surface area contributed by atoms with Gasteiger partial charge in [0.05, 0.1) is 0 Å². The van der Waals surface area contributed by atoms with Gasteiger partial charge in [-0.25, -0.2) is 0 Å². The molecular weight excluding hydrogens is 182 g/mol. The molecule has 0 saturated carbocycles. The molecule has 0 bridgehead atoms. The molecule has 0 spiro atoms. The molecule has 0 aromatic rings. The Kier molecular flexibility index (Phi) is 8.13. The van der Waals surface area contributed by atoms with Crippen molar-refractivity contribution in [2.45, 2.75) is 53.9 Å². The molecule has 92 valence electrons. The Labute approximate surface area is 97.2 Å². The molecule has 0 aromatic heterocycles. The van der Waals surface area contributed by atoms with Gasteiger partial charge < -0.3 is 4.90 Å². The van der Waals surface area contributed by atoms with E-state index in [1.54, 1.807) is 0 Å². The first-order valence-electron chi connectivity index (χ1n) is 6.68. The van der Waals surface area contributed by atoms with Crippen LogP contribution in [0.2, 0.25) is 0 Å². The van der Waals surface area contributed by atoms with E-state index in [1.165, 1.54) is 32.4 Å². The highest BCUT2D eigenvalue weighted by Gasteiger charge is 2.14. The van der Waals surface area contributed by atoms with Crippen molar-refractivity contribution >= 4 is 0 Å². The summed E-state index contributed by atoms with van der Waals surface area (Å²) >= 11 is 0. The summed E-state index contributed by atoms with van der Waals surface area (Å²) in [5.41, 5.74) is 0. The summed E-state index contributed by atoms with van der Waals surface area (Å²) in [4.78, 5) is 2.42. The molecule has 0 rings (SSSR count). The smallest absolute Gasteiger partial charge is 0.000395 e. The van der Waals surface area contributed by atoms with Gasteiger partial charge in [-0.3, -0.25) is 0 Å². The van der Waals surface area contributed by atoms with Crippen molar-refractivity contribution in [3.8, 4) is 0 Å². The molecule has 15 heavy (non-hydrogen) atoms. The van der Waals surface area contributed by atoms with E-state index in [0.29, 0.717) is 0 Å². The zero-order chi connectivity index (χ0) is 11.8. The maximum atomic E-state index is 2.42. The summed E-state index contributed by atoms with van der Waals surface area (Å²) in [7, 11) is 2.22. The molecule has 2 atom stereocenters. The lowest BCUT2D eigenvalue weighted by atomic mass is 9.87. The van der Waals surface area contributed by atoms with Crippen LogP contribution in [0.25, 0.3) is 0 Å². The summed E-state index contributed by atoms with van der Waals surface area (Å²) < 4.78 is 0. The highest BCUT2D eigenvalue weighted by atomic mass is 15.1. The molecular formula is C14H31N. The predicted molar refractivity (Wildman–Crippen MR) is 70.2 cm³/mol. The third-order valence-corrected chi connectivity index (χ3v) is 3.28. The van der Waals surface area contributed by atoms with E-state index in [1.807, 2.05) is 0 Å².